The Bertz CT molecular complexity index is 1100. The lowest BCUT2D eigenvalue weighted by atomic mass is 10.1. The molecular weight excluding hydrogens is 474 g/mol. The predicted octanol–water partition coefficient (Wildman–Crippen LogP) is 5.06. The fraction of sp³-hybridized carbons (Fsp3) is 0.481. The molecule has 2 aliphatic heterocycles. The summed E-state index contributed by atoms with van der Waals surface area (Å²) in [6.07, 6.45) is -0.513. The number of nitrogens with two attached hydrogens (primary N) is 1. The van der Waals surface area contributed by atoms with Crippen molar-refractivity contribution in [2.24, 2.45) is 5.73 Å². The van der Waals surface area contributed by atoms with Gasteiger partial charge in [0.2, 0.25) is 0 Å². The molecule has 4 rings (SSSR count). The smallest absolute Gasteiger partial charge is 0.414 e. The highest BCUT2D eigenvalue weighted by molar-refractivity contribution is 6.74. The Labute approximate surface area is 214 Å². The lowest BCUT2D eigenvalue weighted by Gasteiger charge is -2.37. The molecule has 0 spiro atoms. The highest BCUT2D eigenvalue weighted by atomic mass is 28.4. The van der Waals surface area contributed by atoms with Crippen molar-refractivity contribution in [3.8, 4) is 0 Å². The van der Waals surface area contributed by atoms with Gasteiger partial charge in [0.25, 0.3) is 0 Å². The van der Waals surface area contributed by atoms with Gasteiger partial charge in [0.05, 0.1) is 24.9 Å². The summed E-state index contributed by atoms with van der Waals surface area (Å²) in [6, 6.07) is 15.1. The van der Waals surface area contributed by atoms with E-state index in [2.05, 4.69) is 33.9 Å². The first-order chi connectivity index (χ1) is 17.0. The molecule has 2 aliphatic rings. The van der Waals surface area contributed by atoms with Gasteiger partial charge in [-0.15, -0.1) is 0 Å². The van der Waals surface area contributed by atoms with Crippen molar-refractivity contribution in [2.75, 3.05) is 29.5 Å². The van der Waals surface area contributed by atoms with Gasteiger partial charge < -0.3 is 19.6 Å². The number of amides is 2. The van der Waals surface area contributed by atoms with Crippen LogP contribution in [0.3, 0.4) is 0 Å². The maximum atomic E-state index is 13.3. The number of ether oxygens (including phenoxy) is 2. The van der Waals surface area contributed by atoms with E-state index < -0.39 is 20.5 Å². The minimum absolute atomic E-state index is 0.0555. The van der Waals surface area contributed by atoms with Crippen LogP contribution in [0.15, 0.2) is 48.5 Å². The minimum Gasteiger partial charge on any atom is -0.444 e. The van der Waals surface area contributed by atoms with Crippen LogP contribution in [-0.4, -0.2) is 52.3 Å². The van der Waals surface area contributed by atoms with Crippen molar-refractivity contribution < 1.29 is 23.5 Å². The van der Waals surface area contributed by atoms with E-state index in [0.29, 0.717) is 19.6 Å². The van der Waals surface area contributed by atoms with Crippen molar-refractivity contribution in [1.29, 1.82) is 0 Å². The molecule has 2 N–H and O–H groups in total. The molecule has 1 saturated heterocycles. The molecule has 2 atom stereocenters. The van der Waals surface area contributed by atoms with E-state index in [4.69, 9.17) is 19.6 Å². The topological polar surface area (TPSA) is 94.3 Å². The lowest BCUT2D eigenvalue weighted by molar-refractivity contribution is 0.141. The summed E-state index contributed by atoms with van der Waals surface area (Å²) < 4.78 is 17.6. The number of rotatable bonds is 7. The van der Waals surface area contributed by atoms with E-state index in [9.17, 15) is 9.59 Å². The molecule has 2 aromatic carbocycles. The Kier molecular flexibility index (Phi) is 7.45. The average Bonchev–Trinajstić information content (AvgIpc) is 3.40. The van der Waals surface area contributed by atoms with Gasteiger partial charge in [-0.3, -0.25) is 9.80 Å². The SMILES string of the molecule is CC(C)(C)[Si](C)(C)OCC1Cc2cc(N3CC(CN)OC3=O)ccc2N1C(=O)OCc1ccccc1. The number of cyclic esters (lactones) is 1. The normalized spacial score (nSPS) is 19.9. The van der Waals surface area contributed by atoms with E-state index in [1.165, 1.54) is 0 Å². The molecular formula is C27H37N3O5Si. The molecule has 0 bridgehead atoms. The Balaban J connectivity index is 1.57. The van der Waals surface area contributed by atoms with Crippen LogP contribution in [0.25, 0.3) is 0 Å². The molecule has 8 nitrogen and oxygen atoms in total. The fourth-order valence-corrected chi connectivity index (χ4v) is 5.27. The quantitative estimate of drug-likeness (QED) is 0.522. The van der Waals surface area contributed by atoms with Gasteiger partial charge in [0.15, 0.2) is 8.32 Å². The summed E-state index contributed by atoms with van der Waals surface area (Å²) >= 11 is 0. The zero-order valence-electron chi connectivity index (χ0n) is 21.8. The third kappa shape index (κ3) is 5.43. The highest BCUT2D eigenvalue weighted by Gasteiger charge is 2.41. The lowest BCUT2D eigenvalue weighted by Crippen LogP contribution is -2.47. The molecule has 2 unspecified atom stereocenters. The average molecular weight is 512 g/mol. The first-order valence-corrected chi connectivity index (χ1v) is 15.4. The van der Waals surface area contributed by atoms with Crippen LogP contribution in [0.1, 0.15) is 31.9 Å². The Morgan fingerprint density at radius 1 is 1.17 bits per heavy atom. The number of nitrogens with zero attached hydrogens (tertiary/aromatic N) is 2. The number of carbonyl (C=O) groups is 2. The molecule has 0 aromatic heterocycles. The monoisotopic (exact) mass is 511 g/mol. The van der Waals surface area contributed by atoms with E-state index >= 15 is 0 Å². The summed E-state index contributed by atoms with van der Waals surface area (Å²) in [7, 11) is -2.02. The van der Waals surface area contributed by atoms with Gasteiger partial charge in [0.1, 0.15) is 12.7 Å². The van der Waals surface area contributed by atoms with Crippen LogP contribution in [0, 0.1) is 0 Å². The van der Waals surface area contributed by atoms with Gasteiger partial charge in [-0.1, -0.05) is 51.1 Å². The number of fused-ring (bicyclic) bond motifs is 1. The van der Waals surface area contributed by atoms with Crippen LogP contribution in [0.4, 0.5) is 21.0 Å². The summed E-state index contributed by atoms with van der Waals surface area (Å²) in [5.74, 6) is 0. The molecule has 0 saturated carbocycles. The fourth-order valence-electron chi connectivity index (χ4n) is 4.23. The number of carbonyl (C=O) groups excluding carboxylic acids is 2. The van der Waals surface area contributed by atoms with Crippen LogP contribution in [0.2, 0.25) is 18.1 Å². The van der Waals surface area contributed by atoms with Crippen LogP contribution < -0.4 is 15.5 Å². The van der Waals surface area contributed by atoms with Gasteiger partial charge in [-0.2, -0.15) is 0 Å². The molecule has 2 aromatic rings. The number of hydrogen-bond donors (Lipinski definition) is 1. The van der Waals surface area contributed by atoms with Crippen molar-refractivity contribution in [3.05, 3.63) is 59.7 Å². The van der Waals surface area contributed by atoms with E-state index in [1.54, 1.807) is 9.80 Å². The molecule has 9 heteroatoms. The Morgan fingerprint density at radius 3 is 2.53 bits per heavy atom. The summed E-state index contributed by atoms with van der Waals surface area (Å²) in [6.45, 7) is 12.3. The van der Waals surface area contributed by atoms with E-state index in [1.807, 2.05) is 48.5 Å². The largest absolute Gasteiger partial charge is 0.444 e. The number of hydrogen-bond acceptors (Lipinski definition) is 6. The van der Waals surface area contributed by atoms with Crippen LogP contribution in [0.5, 0.6) is 0 Å². The molecule has 36 heavy (non-hydrogen) atoms. The minimum atomic E-state index is -2.02. The first-order valence-electron chi connectivity index (χ1n) is 12.4. The second-order valence-corrected chi connectivity index (χ2v) is 15.8. The Morgan fingerprint density at radius 2 is 1.89 bits per heavy atom. The summed E-state index contributed by atoms with van der Waals surface area (Å²) in [5, 5.41) is 0.0555. The predicted molar refractivity (Wildman–Crippen MR) is 143 cm³/mol. The Hall–Kier alpha value is -2.88. The maximum absolute atomic E-state index is 13.3. The van der Waals surface area contributed by atoms with Crippen molar-refractivity contribution in [3.63, 3.8) is 0 Å². The molecule has 1 fully saturated rings. The molecule has 0 radical (unpaired) electrons. The van der Waals surface area contributed by atoms with E-state index in [-0.39, 0.29) is 30.3 Å². The van der Waals surface area contributed by atoms with Gasteiger partial charge >= 0.3 is 12.2 Å². The standard InChI is InChI=1S/C27H37N3O5Si/c1-27(2,3)36(4,5)34-18-22-14-20-13-21(29-16-23(15-28)35-25(29)31)11-12-24(20)30(22)26(32)33-17-19-9-7-6-8-10-19/h6-13,22-23H,14-18,28H2,1-5H3. The zero-order chi connectivity index (χ0) is 26.1. The van der Waals surface area contributed by atoms with Crippen LogP contribution >= 0.6 is 0 Å². The van der Waals surface area contributed by atoms with Crippen molar-refractivity contribution >= 4 is 31.9 Å². The van der Waals surface area contributed by atoms with Crippen molar-refractivity contribution in [1.82, 2.24) is 0 Å². The second kappa shape index (κ2) is 10.2. The van der Waals surface area contributed by atoms with Gasteiger partial charge in [-0.05, 0) is 53.9 Å². The van der Waals surface area contributed by atoms with E-state index in [0.717, 1.165) is 22.5 Å². The maximum Gasteiger partial charge on any atom is 0.414 e. The molecule has 194 valence electrons. The van der Waals surface area contributed by atoms with Crippen LogP contribution in [-0.2, 0) is 26.9 Å². The molecule has 2 heterocycles. The summed E-state index contributed by atoms with van der Waals surface area (Å²) in [4.78, 5) is 29.0. The highest BCUT2D eigenvalue weighted by Crippen LogP contribution is 2.40. The number of benzene rings is 2. The third-order valence-electron chi connectivity index (χ3n) is 7.44. The first kappa shape index (κ1) is 26.2. The van der Waals surface area contributed by atoms with Gasteiger partial charge in [-0.25, -0.2) is 9.59 Å². The van der Waals surface area contributed by atoms with Crippen molar-refractivity contribution in [2.45, 2.75) is 64.1 Å². The summed E-state index contributed by atoms with van der Waals surface area (Å²) in [5.41, 5.74) is 9.11. The second-order valence-electron chi connectivity index (χ2n) is 11.0. The zero-order valence-corrected chi connectivity index (χ0v) is 22.8. The molecule has 2 amide bonds. The molecule has 0 aliphatic carbocycles. The van der Waals surface area contributed by atoms with Gasteiger partial charge in [0, 0.05) is 12.2 Å². The number of anilines is 2. The third-order valence-corrected chi connectivity index (χ3v) is 11.9.